The van der Waals surface area contributed by atoms with Crippen molar-refractivity contribution in [2.75, 3.05) is 6.54 Å². The van der Waals surface area contributed by atoms with Crippen molar-refractivity contribution in [3.05, 3.63) is 12.2 Å². The molecule has 1 heterocycles. The van der Waals surface area contributed by atoms with Gasteiger partial charge in [-0.15, -0.1) is 0 Å². The molecular formula is C11H20N4O. The van der Waals surface area contributed by atoms with Crippen LogP contribution in [0.2, 0.25) is 0 Å². The molecule has 0 bridgehead atoms. The lowest BCUT2D eigenvalue weighted by atomic mass is 9.93. The molecule has 1 aliphatic carbocycles. The van der Waals surface area contributed by atoms with E-state index in [2.05, 4.69) is 20.5 Å². The number of nitrogens with zero attached hydrogens (tertiary/aromatic N) is 2. The van der Waals surface area contributed by atoms with Gasteiger partial charge < -0.3 is 10.4 Å². The number of aryl methyl sites for hydroxylation is 1. The topological polar surface area (TPSA) is 73.8 Å². The zero-order valence-corrected chi connectivity index (χ0v) is 9.52. The summed E-state index contributed by atoms with van der Waals surface area (Å²) in [6.45, 7) is 1.02. The van der Waals surface area contributed by atoms with Crippen LogP contribution in [0.25, 0.3) is 0 Å². The van der Waals surface area contributed by atoms with Gasteiger partial charge in [-0.05, 0) is 38.6 Å². The first-order valence-electron chi connectivity index (χ1n) is 6.10. The second-order valence-electron chi connectivity index (χ2n) is 4.50. The Morgan fingerprint density at radius 1 is 1.38 bits per heavy atom. The molecule has 1 saturated carbocycles. The fraction of sp³-hybridized carbons (Fsp3) is 0.818. The number of aliphatic hydroxyl groups is 1. The fourth-order valence-electron chi connectivity index (χ4n) is 2.19. The van der Waals surface area contributed by atoms with Gasteiger partial charge >= 0.3 is 0 Å². The molecule has 0 radical (unpaired) electrons. The van der Waals surface area contributed by atoms with Crippen LogP contribution in [0.1, 0.15) is 37.9 Å². The second-order valence-corrected chi connectivity index (χ2v) is 4.50. The van der Waals surface area contributed by atoms with Gasteiger partial charge in [0.1, 0.15) is 12.2 Å². The smallest absolute Gasteiger partial charge is 0.137 e. The zero-order chi connectivity index (χ0) is 11.2. The van der Waals surface area contributed by atoms with Crippen molar-refractivity contribution in [3.8, 4) is 0 Å². The molecule has 1 aromatic rings. The highest BCUT2D eigenvalue weighted by Crippen LogP contribution is 2.18. The van der Waals surface area contributed by atoms with Crippen LogP contribution in [0.3, 0.4) is 0 Å². The van der Waals surface area contributed by atoms with Gasteiger partial charge in [0.25, 0.3) is 0 Å². The van der Waals surface area contributed by atoms with Crippen LogP contribution in [0.4, 0.5) is 0 Å². The number of aromatic nitrogens is 3. The summed E-state index contributed by atoms with van der Waals surface area (Å²) in [5.74, 6) is 0.959. The van der Waals surface area contributed by atoms with E-state index >= 15 is 0 Å². The molecule has 5 heteroatoms. The molecule has 16 heavy (non-hydrogen) atoms. The minimum absolute atomic E-state index is 0.0627. The molecule has 5 nitrogen and oxygen atoms in total. The van der Waals surface area contributed by atoms with Gasteiger partial charge in [0, 0.05) is 12.5 Å². The maximum atomic E-state index is 9.38. The van der Waals surface area contributed by atoms with Gasteiger partial charge in [-0.3, -0.25) is 5.10 Å². The van der Waals surface area contributed by atoms with Gasteiger partial charge in [0.05, 0.1) is 6.10 Å². The van der Waals surface area contributed by atoms with Gasteiger partial charge in [-0.1, -0.05) is 0 Å². The number of aliphatic hydroxyl groups excluding tert-OH is 1. The Morgan fingerprint density at radius 3 is 2.88 bits per heavy atom. The Morgan fingerprint density at radius 2 is 2.19 bits per heavy atom. The van der Waals surface area contributed by atoms with Crippen molar-refractivity contribution in [1.82, 2.24) is 20.5 Å². The minimum Gasteiger partial charge on any atom is -0.393 e. The van der Waals surface area contributed by atoms with Crippen molar-refractivity contribution in [2.45, 2.75) is 50.7 Å². The number of aromatic amines is 1. The molecule has 0 amide bonds. The van der Waals surface area contributed by atoms with E-state index in [0.717, 1.165) is 50.9 Å². The summed E-state index contributed by atoms with van der Waals surface area (Å²) in [7, 11) is 0. The van der Waals surface area contributed by atoms with Gasteiger partial charge in [0.15, 0.2) is 0 Å². The molecule has 0 atom stereocenters. The molecule has 0 spiro atoms. The van der Waals surface area contributed by atoms with Crippen LogP contribution < -0.4 is 5.32 Å². The van der Waals surface area contributed by atoms with Crippen molar-refractivity contribution >= 4 is 0 Å². The Bertz CT molecular complexity index is 280. The van der Waals surface area contributed by atoms with E-state index in [0.29, 0.717) is 6.04 Å². The third kappa shape index (κ3) is 3.57. The SMILES string of the molecule is OC1CCC(NCCCc2ncn[nH]2)CC1. The summed E-state index contributed by atoms with van der Waals surface area (Å²) in [4.78, 5) is 4.08. The highest BCUT2D eigenvalue weighted by atomic mass is 16.3. The first-order chi connectivity index (χ1) is 7.84. The predicted molar refractivity (Wildman–Crippen MR) is 61.0 cm³/mol. The number of nitrogens with one attached hydrogen (secondary N) is 2. The lowest BCUT2D eigenvalue weighted by molar-refractivity contribution is 0.117. The molecular weight excluding hydrogens is 204 g/mol. The molecule has 0 saturated heterocycles. The quantitative estimate of drug-likeness (QED) is 0.641. The summed E-state index contributed by atoms with van der Waals surface area (Å²) in [6.07, 6.45) is 7.60. The summed E-state index contributed by atoms with van der Waals surface area (Å²) < 4.78 is 0. The minimum atomic E-state index is -0.0627. The first-order valence-corrected chi connectivity index (χ1v) is 6.10. The maximum Gasteiger partial charge on any atom is 0.137 e. The summed E-state index contributed by atoms with van der Waals surface area (Å²) in [5, 5.41) is 19.6. The van der Waals surface area contributed by atoms with Crippen LogP contribution >= 0.6 is 0 Å². The number of rotatable bonds is 5. The lowest BCUT2D eigenvalue weighted by Gasteiger charge is -2.26. The van der Waals surface area contributed by atoms with Crippen LogP contribution in [0, 0.1) is 0 Å². The van der Waals surface area contributed by atoms with Gasteiger partial charge in [0.2, 0.25) is 0 Å². The second kappa shape index (κ2) is 5.96. The van der Waals surface area contributed by atoms with E-state index in [1.807, 2.05) is 0 Å². The number of H-pyrrole nitrogens is 1. The van der Waals surface area contributed by atoms with E-state index in [9.17, 15) is 5.11 Å². The Hall–Kier alpha value is -0.940. The normalized spacial score (nSPS) is 25.8. The van der Waals surface area contributed by atoms with E-state index in [-0.39, 0.29) is 6.10 Å². The van der Waals surface area contributed by atoms with E-state index < -0.39 is 0 Å². The molecule has 2 rings (SSSR count). The monoisotopic (exact) mass is 224 g/mol. The van der Waals surface area contributed by atoms with E-state index in [4.69, 9.17) is 0 Å². The average Bonchev–Trinajstić information content (AvgIpc) is 2.80. The van der Waals surface area contributed by atoms with Gasteiger partial charge in [-0.2, -0.15) is 5.10 Å². The van der Waals surface area contributed by atoms with Crippen molar-refractivity contribution in [2.24, 2.45) is 0 Å². The van der Waals surface area contributed by atoms with E-state index in [1.54, 1.807) is 6.33 Å². The van der Waals surface area contributed by atoms with E-state index in [1.165, 1.54) is 0 Å². The molecule has 0 aliphatic heterocycles. The first kappa shape index (κ1) is 11.5. The average molecular weight is 224 g/mol. The van der Waals surface area contributed by atoms with Gasteiger partial charge in [-0.25, -0.2) is 4.98 Å². The molecule has 3 N–H and O–H groups in total. The molecule has 0 unspecified atom stereocenters. The molecule has 1 aliphatic rings. The largest absolute Gasteiger partial charge is 0.393 e. The van der Waals surface area contributed by atoms with Crippen molar-refractivity contribution in [1.29, 1.82) is 0 Å². The van der Waals surface area contributed by atoms with Crippen LogP contribution in [-0.2, 0) is 6.42 Å². The summed E-state index contributed by atoms with van der Waals surface area (Å²) in [6, 6.07) is 0.595. The highest BCUT2D eigenvalue weighted by Gasteiger charge is 2.18. The predicted octanol–water partition coefficient (Wildman–Crippen LogP) is 0.630. The Labute approximate surface area is 95.7 Å². The van der Waals surface area contributed by atoms with Crippen LogP contribution in [0.15, 0.2) is 6.33 Å². The molecule has 1 fully saturated rings. The maximum absolute atomic E-state index is 9.38. The lowest BCUT2D eigenvalue weighted by Crippen LogP contribution is -2.35. The number of hydrogen-bond acceptors (Lipinski definition) is 4. The third-order valence-electron chi connectivity index (χ3n) is 3.18. The molecule has 90 valence electrons. The van der Waals surface area contributed by atoms with Crippen LogP contribution in [0.5, 0.6) is 0 Å². The zero-order valence-electron chi connectivity index (χ0n) is 9.52. The Balaban J connectivity index is 1.55. The van der Waals surface area contributed by atoms with Crippen molar-refractivity contribution in [3.63, 3.8) is 0 Å². The van der Waals surface area contributed by atoms with Crippen molar-refractivity contribution < 1.29 is 5.11 Å². The van der Waals surface area contributed by atoms with Crippen LogP contribution in [-0.4, -0.2) is 39.0 Å². The Kier molecular flexibility index (Phi) is 4.30. The number of hydrogen-bond donors (Lipinski definition) is 3. The third-order valence-corrected chi connectivity index (χ3v) is 3.18. The highest BCUT2D eigenvalue weighted by molar-refractivity contribution is 4.81. The fourth-order valence-corrected chi connectivity index (χ4v) is 2.19. The standard InChI is InChI=1S/C11H20N4O/c16-10-5-3-9(4-6-10)12-7-1-2-11-13-8-14-15-11/h8-10,12,16H,1-7H2,(H,13,14,15). The summed E-state index contributed by atoms with van der Waals surface area (Å²) in [5.41, 5.74) is 0. The molecule has 0 aromatic carbocycles. The molecule has 1 aromatic heterocycles. The summed E-state index contributed by atoms with van der Waals surface area (Å²) >= 11 is 0.